The number of benzene rings is 2. The number of ether oxygens (including phenoxy) is 5. The van der Waals surface area contributed by atoms with E-state index in [0.717, 1.165) is 23.3 Å². The molecule has 3 atom stereocenters. The van der Waals surface area contributed by atoms with Crippen LogP contribution in [-0.4, -0.2) is 54.1 Å². The van der Waals surface area contributed by atoms with Crippen LogP contribution in [0.15, 0.2) is 54.6 Å². The first-order valence-electron chi connectivity index (χ1n) is 14.9. The Morgan fingerprint density at radius 2 is 1.76 bits per heavy atom. The highest BCUT2D eigenvalue weighted by Crippen LogP contribution is 2.39. The van der Waals surface area contributed by atoms with E-state index in [0.29, 0.717) is 43.8 Å². The van der Waals surface area contributed by atoms with Crippen molar-refractivity contribution in [2.45, 2.75) is 90.3 Å². The van der Waals surface area contributed by atoms with Crippen molar-refractivity contribution >= 4 is 14.3 Å². The number of hydrogen-bond donors (Lipinski definition) is 0. The number of carbonyl (C=O) groups excluding carboxylic acids is 1. The lowest BCUT2D eigenvalue weighted by molar-refractivity contribution is -0.104. The van der Waals surface area contributed by atoms with Gasteiger partial charge in [0, 0.05) is 20.0 Å². The zero-order chi connectivity index (χ0) is 30.8. The highest BCUT2D eigenvalue weighted by atomic mass is 28.4. The molecule has 0 radical (unpaired) electrons. The van der Waals surface area contributed by atoms with Crippen molar-refractivity contribution in [3.05, 3.63) is 71.3 Å². The number of rotatable bonds is 11. The molecule has 0 bridgehead atoms. The summed E-state index contributed by atoms with van der Waals surface area (Å²) >= 11 is 0. The summed E-state index contributed by atoms with van der Waals surface area (Å²) in [7, 11) is 1.06. The number of methoxy groups -OCH3 is 2. The number of allylic oxidation sites excluding steroid dienone is 2. The first kappa shape index (κ1) is 33.8. The number of carbonyl (C=O) groups is 1. The SMILES string of the molecule is COCOC1C[C@@H](CCOCc2ccc(OC)cc2)OC(=O)c2c(cccc2O[Si](C)(C)C(C)(C)C)C/C=C/C[C@H]1C. The van der Waals surface area contributed by atoms with Crippen LogP contribution in [0.3, 0.4) is 0 Å². The largest absolute Gasteiger partial charge is 0.543 e. The first-order valence-corrected chi connectivity index (χ1v) is 17.8. The van der Waals surface area contributed by atoms with Crippen LogP contribution in [-0.2, 0) is 32.0 Å². The van der Waals surface area contributed by atoms with Crippen LogP contribution in [0, 0.1) is 5.92 Å². The van der Waals surface area contributed by atoms with E-state index < -0.39 is 14.4 Å². The van der Waals surface area contributed by atoms with Gasteiger partial charge in [-0.1, -0.05) is 64.1 Å². The van der Waals surface area contributed by atoms with Gasteiger partial charge in [0.1, 0.15) is 30.0 Å². The maximum atomic E-state index is 14.0. The van der Waals surface area contributed by atoms with Gasteiger partial charge in [0.15, 0.2) is 0 Å². The Bertz CT molecular complexity index is 1150. The normalized spacial score (nSPS) is 21.0. The van der Waals surface area contributed by atoms with E-state index in [1.807, 2.05) is 42.5 Å². The molecule has 0 aliphatic carbocycles. The summed E-state index contributed by atoms with van der Waals surface area (Å²) in [5.41, 5.74) is 2.47. The Kier molecular flexibility index (Phi) is 12.7. The monoisotopic (exact) mass is 598 g/mol. The summed E-state index contributed by atoms with van der Waals surface area (Å²) in [6.07, 6.45) is 6.29. The Balaban J connectivity index is 1.86. The first-order chi connectivity index (χ1) is 19.9. The van der Waals surface area contributed by atoms with Crippen LogP contribution in [0.4, 0.5) is 0 Å². The molecular weight excluding hydrogens is 548 g/mol. The van der Waals surface area contributed by atoms with E-state index in [1.165, 1.54) is 0 Å². The van der Waals surface area contributed by atoms with E-state index in [1.54, 1.807) is 14.2 Å². The Morgan fingerprint density at radius 3 is 2.43 bits per heavy atom. The lowest BCUT2D eigenvalue weighted by Crippen LogP contribution is -2.44. The average Bonchev–Trinajstić information content (AvgIpc) is 2.94. The molecule has 0 saturated carbocycles. The molecular formula is C34H50O7Si. The topological polar surface area (TPSA) is 72.5 Å². The van der Waals surface area contributed by atoms with Gasteiger partial charge in [0.05, 0.1) is 26.4 Å². The van der Waals surface area contributed by atoms with Gasteiger partial charge in [-0.2, -0.15) is 0 Å². The van der Waals surface area contributed by atoms with Gasteiger partial charge >= 0.3 is 5.97 Å². The smallest absolute Gasteiger partial charge is 0.342 e. The third kappa shape index (κ3) is 9.69. The lowest BCUT2D eigenvalue weighted by Gasteiger charge is -2.37. The van der Waals surface area contributed by atoms with Crippen molar-refractivity contribution in [2.75, 3.05) is 27.6 Å². The summed E-state index contributed by atoms with van der Waals surface area (Å²) < 4.78 is 35.6. The van der Waals surface area contributed by atoms with E-state index >= 15 is 0 Å². The summed E-state index contributed by atoms with van der Waals surface area (Å²) in [6, 6.07) is 13.7. The Hall–Kier alpha value is -2.65. The van der Waals surface area contributed by atoms with Crippen molar-refractivity contribution in [3.63, 3.8) is 0 Å². The zero-order valence-electron chi connectivity index (χ0n) is 26.7. The molecule has 42 heavy (non-hydrogen) atoms. The molecule has 1 unspecified atom stereocenters. The molecule has 0 amide bonds. The van der Waals surface area contributed by atoms with E-state index in [9.17, 15) is 4.79 Å². The number of hydrogen-bond acceptors (Lipinski definition) is 7. The van der Waals surface area contributed by atoms with E-state index in [4.69, 9.17) is 28.1 Å². The molecule has 0 saturated heterocycles. The molecule has 3 rings (SSSR count). The molecule has 8 heteroatoms. The van der Waals surface area contributed by atoms with Crippen molar-refractivity contribution < 1.29 is 32.9 Å². The fourth-order valence-corrected chi connectivity index (χ4v) is 5.63. The number of cyclic esters (lactones) is 1. The van der Waals surface area contributed by atoms with Crippen molar-refractivity contribution in [2.24, 2.45) is 5.92 Å². The zero-order valence-corrected chi connectivity index (χ0v) is 27.7. The number of fused-ring (bicyclic) bond motifs is 1. The predicted octanol–water partition coefficient (Wildman–Crippen LogP) is 7.73. The van der Waals surface area contributed by atoms with Crippen LogP contribution in [0.5, 0.6) is 11.5 Å². The van der Waals surface area contributed by atoms with Gasteiger partial charge < -0.3 is 28.1 Å². The van der Waals surface area contributed by atoms with Gasteiger partial charge in [-0.15, -0.1) is 0 Å². The van der Waals surface area contributed by atoms with Crippen LogP contribution in [0.1, 0.15) is 68.4 Å². The summed E-state index contributed by atoms with van der Waals surface area (Å²) in [5, 5.41) is -0.0171. The molecule has 0 aromatic heterocycles. The number of esters is 1. The molecule has 2 aromatic carbocycles. The van der Waals surface area contributed by atoms with Crippen LogP contribution >= 0.6 is 0 Å². The standard InChI is InChI=1S/C34H50O7Si/c1-25-12-9-10-13-27-14-11-15-30(41-42(7,8)34(2,3)4)32(27)33(35)40-29(22-31(25)39-24-36-5)20-21-38-23-26-16-18-28(37-6)19-17-26/h9-11,14-19,25,29,31H,12-13,20-24H2,1-8H3/b10-9+/t25-,29-,31?/m1/s1. The molecule has 0 spiro atoms. The maximum Gasteiger partial charge on any atom is 0.342 e. The van der Waals surface area contributed by atoms with Crippen LogP contribution < -0.4 is 9.16 Å². The fourth-order valence-electron chi connectivity index (χ4n) is 4.61. The average molecular weight is 599 g/mol. The van der Waals surface area contributed by atoms with Crippen LogP contribution in [0.25, 0.3) is 0 Å². The minimum absolute atomic E-state index is 0.0171. The van der Waals surface area contributed by atoms with E-state index in [-0.39, 0.29) is 29.8 Å². The second-order valence-electron chi connectivity index (χ2n) is 12.6. The van der Waals surface area contributed by atoms with Crippen molar-refractivity contribution in [3.8, 4) is 11.5 Å². The summed E-state index contributed by atoms with van der Waals surface area (Å²) in [5.74, 6) is 1.25. The highest BCUT2D eigenvalue weighted by Gasteiger charge is 2.40. The molecule has 7 nitrogen and oxygen atoms in total. The quantitative estimate of drug-likeness (QED) is 0.0862. The second-order valence-corrected chi connectivity index (χ2v) is 17.3. The van der Waals surface area contributed by atoms with Gasteiger partial charge in [-0.25, -0.2) is 4.79 Å². The van der Waals surface area contributed by atoms with Crippen LogP contribution in [0.2, 0.25) is 18.1 Å². The lowest BCUT2D eigenvalue weighted by atomic mass is 9.93. The summed E-state index contributed by atoms with van der Waals surface area (Å²) in [6.45, 7) is 14.2. The van der Waals surface area contributed by atoms with Crippen molar-refractivity contribution in [1.29, 1.82) is 0 Å². The predicted molar refractivity (Wildman–Crippen MR) is 169 cm³/mol. The van der Waals surface area contributed by atoms with Gasteiger partial charge in [-0.05, 0) is 66.2 Å². The maximum absolute atomic E-state index is 14.0. The highest BCUT2D eigenvalue weighted by molar-refractivity contribution is 6.74. The minimum Gasteiger partial charge on any atom is -0.543 e. The molecule has 0 N–H and O–H groups in total. The van der Waals surface area contributed by atoms with Gasteiger partial charge in [-0.3, -0.25) is 0 Å². The molecule has 0 fully saturated rings. The molecule has 1 aliphatic rings. The minimum atomic E-state index is -2.21. The fraction of sp³-hybridized carbons (Fsp3) is 0.559. The molecule has 1 heterocycles. The van der Waals surface area contributed by atoms with Crippen molar-refractivity contribution in [1.82, 2.24) is 0 Å². The molecule has 1 aliphatic heterocycles. The molecule has 232 valence electrons. The van der Waals surface area contributed by atoms with Gasteiger partial charge in [0.25, 0.3) is 8.32 Å². The third-order valence-corrected chi connectivity index (χ3v) is 12.7. The van der Waals surface area contributed by atoms with E-state index in [2.05, 4.69) is 52.9 Å². The molecule has 2 aromatic rings. The van der Waals surface area contributed by atoms with Gasteiger partial charge in [0.2, 0.25) is 0 Å². The Labute approximate surface area is 253 Å². The summed E-state index contributed by atoms with van der Waals surface area (Å²) in [4.78, 5) is 14.0. The second kappa shape index (κ2) is 15.7. The third-order valence-electron chi connectivity index (χ3n) is 8.32. The Morgan fingerprint density at radius 1 is 1.02 bits per heavy atom.